The van der Waals surface area contributed by atoms with Gasteiger partial charge >= 0.3 is 24.1 Å². The fourth-order valence-corrected chi connectivity index (χ4v) is 7.27. The molecule has 0 radical (unpaired) electrons. The van der Waals surface area contributed by atoms with E-state index in [0.29, 0.717) is 37.0 Å². The molecule has 0 aromatic rings. The molecule has 0 spiro atoms. The molecule has 2 amide bonds. The van der Waals surface area contributed by atoms with E-state index >= 15 is 0 Å². The Kier molecular flexibility index (Phi) is 23.0. The largest absolute Gasteiger partial charge is 0.458 e. The molecule has 0 aromatic carbocycles. The first-order valence-corrected chi connectivity index (χ1v) is 21.0. The van der Waals surface area contributed by atoms with E-state index in [4.69, 9.17) is 33.2 Å². The normalized spacial score (nSPS) is 26.6. The standard InChI is InChI=1S/C22H41NO6.C21H39NO6/c1-15(2)12-13-17-10-9-11-18(20(24)28-16(3)19(17)27-8)23(14-26-7)21(25)29-22(4,5)6;1-14(2)11-12-16-9-8-10-17(19(24)27-15(3)18(16)23)22(13-26-7)20(25)28-21(4,5)6/h15-19H,9-14H2,1-8H3;14-18,23H,8-13H2,1-7H3/t16-,17+,18-,19-;15-,16+,17-,18-/m00/s1. The summed E-state index contributed by atoms with van der Waals surface area (Å²) in [6, 6.07) is -1.54. The number of rotatable bonds is 13. The lowest BCUT2D eigenvalue weighted by Gasteiger charge is -2.32. The summed E-state index contributed by atoms with van der Waals surface area (Å²) in [7, 11) is 4.63. The molecule has 0 aromatic heterocycles. The summed E-state index contributed by atoms with van der Waals surface area (Å²) in [5.74, 6) is 0.568. The topological polar surface area (TPSA) is 160 Å². The molecule has 0 bridgehead atoms. The third-order valence-corrected chi connectivity index (χ3v) is 10.2. The summed E-state index contributed by atoms with van der Waals surface area (Å²) in [6.07, 6.45) is 5.08. The van der Waals surface area contributed by atoms with Crippen LogP contribution in [0.25, 0.3) is 0 Å². The SMILES string of the molecule is COCN(C(=O)OC(C)(C)C)[C@H]1CCC[C@H](CCC(C)C)[C@@H](O)[C@H](C)OC1=O.COCN(C(=O)OC(C)(C)C)[C@H]1CCC[C@H](CCC(C)C)[C@@H](OC)[C@H](C)OC1=O. The number of hydrogen-bond acceptors (Lipinski definition) is 12. The monoisotopic (exact) mass is 817 g/mol. The van der Waals surface area contributed by atoms with Gasteiger partial charge in [0.2, 0.25) is 0 Å². The number of carbonyl (C=O) groups is 4. The molecule has 2 saturated heterocycles. The highest BCUT2D eigenvalue weighted by Crippen LogP contribution is 2.31. The van der Waals surface area contributed by atoms with Crippen LogP contribution in [0.3, 0.4) is 0 Å². The number of hydrogen-bond donors (Lipinski definition) is 1. The predicted octanol–water partition coefficient (Wildman–Crippen LogP) is 8.10. The maximum atomic E-state index is 13.0. The fourth-order valence-electron chi connectivity index (χ4n) is 7.27. The van der Waals surface area contributed by atoms with Gasteiger partial charge in [-0.15, -0.1) is 0 Å². The smallest absolute Gasteiger partial charge is 0.412 e. The van der Waals surface area contributed by atoms with Gasteiger partial charge < -0.3 is 38.3 Å². The molecule has 0 saturated carbocycles. The van der Waals surface area contributed by atoms with Crippen LogP contribution in [0.2, 0.25) is 0 Å². The third kappa shape index (κ3) is 19.3. The Bertz CT molecular complexity index is 1200. The Morgan fingerprint density at radius 2 is 1.07 bits per heavy atom. The molecule has 1 N–H and O–H groups in total. The maximum Gasteiger partial charge on any atom is 0.412 e. The van der Waals surface area contributed by atoms with Crippen molar-refractivity contribution in [2.45, 2.75) is 195 Å². The Labute approximate surface area is 344 Å². The number of esters is 2. The minimum Gasteiger partial charge on any atom is -0.458 e. The first-order chi connectivity index (χ1) is 26.5. The quantitative estimate of drug-likeness (QED) is 0.108. The van der Waals surface area contributed by atoms with Crippen LogP contribution in [0.15, 0.2) is 0 Å². The average Bonchev–Trinajstić information content (AvgIpc) is 3.16. The molecule has 57 heavy (non-hydrogen) atoms. The van der Waals surface area contributed by atoms with E-state index in [2.05, 4.69) is 27.7 Å². The van der Waals surface area contributed by atoms with Crippen LogP contribution in [-0.4, -0.2) is 122 Å². The summed E-state index contributed by atoms with van der Waals surface area (Å²) < 4.78 is 38.3. The molecule has 2 fully saturated rings. The van der Waals surface area contributed by atoms with Gasteiger partial charge in [-0.1, -0.05) is 53.4 Å². The van der Waals surface area contributed by atoms with E-state index in [9.17, 15) is 24.3 Å². The van der Waals surface area contributed by atoms with Crippen molar-refractivity contribution in [1.29, 1.82) is 0 Å². The molecule has 2 heterocycles. The molecule has 2 aliphatic heterocycles. The molecule has 8 atom stereocenters. The summed E-state index contributed by atoms with van der Waals surface area (Å²) in [4.78, 5) is 53.7. The lowest BCUT2D eigenvalue weighted by atomic mass is 9.86. The van der Waals surface area contributed by atoms with Crippen molar-refractivity contribution < 1.29 is 57.4 Å². The van der Waals surface area contributed by atoms with Gasteiger partial charge in [0.05, 0.1) is 12.2 Å². The first kappa shape index (κ1) is 52.3. The Balaban J connectivity index is 0.000000570. The molecule has 14 nitrogen and oxygen atoms in total. The van der Waals surface area contributed by atoms with Crippen molar-refractivity contribution in [3.63, 3.8) is 0 Å². The van der Waals surface area contributed by atoms with Gasteiger partial charge in [0.15, 0.2) is 0 Å². The van der Waals surface area contributed by atoms with Crippen LogP contribution in [0, 0.1) is 23.7 Å². The van der Waals surface area contributed by atoms with Gasteiger partial charge in [-0.05, 0) is 118 Å². The van der Waals surface area contributed by atoms with Crippen molar-refractivity contribution in [3.05, 3.63) is 0 Å². The molecule has 2 rings (SSSR count). The van der Waals surface area contributed by atoms with Crippen LogP contribution in [0.5, 0.6) is 0 Å². The van der Waals surface area contributed by atoms with Gasteiger partial charge in [-0.25, -0.2) is 19.2 Å². The minimum atomic E-state index is -0.798. The van der Waals surface area contributed by atoms with Crippen molar-refractivity contribution in [2.75, 3.05) is 34.8 Å². The zero-order chi connectivity index (χ0) is 43.7. The van der Waals surface area contributed by atoms with E-state index in [1.54, 1.807) is 55.6 Å². The second-order valence-electron chi connectivity index (χ2n) is 18.6. The third-order valence-electron chi connectivity index (χ3n) is 10.2. The maximum absolute atomic E-state index is 13.0. The van der Waals surface area contributed by atoms with Gasteiger partial charge in [0.1, 0.15) is 49.0 Å². The van der Waals surface area contributed by atoms with Crippen molar-refractivity contribution in [1.82, 2.24) is 9.80 Å². The van der Waals surface area contributed by atoms with Crippen LogP contribution in [-0.2, 0) is 42.7 Å². The highest BCUT2D eigenvalue weighted by Gasteiger charge is 2.40. The molecule has 0 aliphatic carbocycles. The van der Waals surface area contributed by atoms with E-state index in [0.717, 1.165) is 44.9 Å². The minimum absolute atomic E-state index is 0.0342. The van der Waals surface area contributed by atoms with Crippen LogP contribution in [0.4, 0.5) is 9.59 Å². The molecule has 2 aliphatic rings. The lowest BCUT2D eigenvalue weighted by Crippen LogP contribution is -2.49. The lowest BCUT2D eigenvalue weighted by molar-refractivity contribution is -0.164. The zero-order valence-electron chi connectivity index (χ0n) is 38.1. The van der Waals surface area contributed by atoms with Gasteiger partial charge in [0.25, 0.3) is 0 Å². The van der Waals surface area contributed by atoms with Gasteiger partial charge in [0, 0.05) is 21.3 Å². The number of carbonyl (C=O) groups excluding carboxylic acids is 4. The average molecular weight is 817 g/mol. The Hall–Kier alpha value is -2.68. The number of nitrogens with zero attached hydrogens (tertiary/aromatic N) is 2. The fraction of sp³-hybridized carbons (Fsp3) is 0.907. The van der Waals surface area contributed by atoms with Crippen LogP contribution in [0.1, 0.15) is 147 Å². The number of amides is 2. The number of aliphatic hydroxyl groups is 1. The first-order valence-electron chi connectivity index (χ1n) is 21.0. The zero-order valence-corrected chi connectivity index (χ0v) is 38.1. The molecular formula is C43H80N2O12. The Morgan fingerprint density at radius 3 is 1.44 bits per heavy atom. The van der Waals surface area contributed by atoms with E-state index in [-0.39, 0.29) is 25.5 Å². The van der Waals surface area contributed by atoms with E-state index < -0.39 is 65.7 Å². The van der Waals surface area contributed by atoms with E-state index in [1.165, 1.54) is 24.0 Å². The highest BCUT2D eigenvalue weighted by molar-refractivity contribution is 5.82. The van der Waals surface area contributed by atoms with Crippen molar-refractivity contribution in [2.24, 2.45) is 23.7 Å². The second kappa shape index (κ2) is 25.1. The number of methoxy groups -OCH3 is 3. The summed E-state index contributed by atoms with van der Waals surface area (Å²) in [5, 5.41) is 10.7. The van der Waals surface area contributed by atoms with E-state index in [1.807, 2.05) is 6.92 Å². The van der Waals surface area contributed by atoms with Crippen LogP contribution < -0.4 is 0 Å². The summed E-state index contributed by atoms with van der Waals surface area (Å²) in [5.41, 5.74) is -1.35. The molecule has 334 valence electrons. The number of aliphatic hydroxyl groups excluding tert-OH is 1. The van der Waals surface area contributed by atoms with Gasteiger partial charge in [-0.3, -0.25) is 9.80 Å². The molecule has 0 unspecified atom stereocenters. The summed E-state index contributed by atoms with van der Waals surface area (Å²) >= 11 is 0. The van der Waals surface area contributed by atoms with Gasteiger partial charge in [-0.2, -0.15) is 0 Å². The summed E-state index contributed by atoms with van der Waals surface area (Å²) in [6.45, 7) is 22.9. The highest BCUT2D eigenvalue weighted by atomic mass is 16.6. The number of ether oxygens (including phenoxy) is 7. The molecular weight excluding hydrogens is 736 g/mol. The predicted molar refractivity (Wildman–Crippen MR) is 218 cm³/mol. The Morgan fingerprint density at radius 1 is 0.684 bits per heavy atom. The van der Waals surface area contributed by atoms with Crippen molar-refractivity contribution in [3.8, 4) is 0 Å². The second-order valence-corrected chi connectivity index (χ2v) is 18.6. The number of cyclic esters (lactones) is 2. The van der Waals surface area contributed by atoms with Crippen LogP contribution >= 0.6 is 0 Å². The van der Waals surface area contributed by atoms with Crippen molar-refractivity contribution >= 4 is 24.1 Å². The molecule has 14 heteroatoms.